The summed E-state index contributed by atoms with van der Waals surface area (Å²) in [5.41, 5.74) is 5.48. The van der Waals surface area contributed by atoms with E-state index >= 15 is 0 Å². The van der Waals surface area contributed by atoms with Crippen LogP contribution < -0.4 is 11.1 Å². The molecule has 5 nitrogen and oxygen atoms in total. The lowest BCUT2D eigenvalue weighted by Gasteiger charge is -2.44. The van der Waals surface area contributed by atoms with E-state index in [1.54, 1.807) is 12.1 Å². The van der Waals surface area contributed by atoms with E-state index in [2.05, 4.69) is 5.32 Å². The van der Waals surface area contributed by atoms with Crippen LogP contribution in [0.1, 0.15) is 19.8 Å². The number of nitrogens with two attached hydrogens (primary N) is 1. The quantitative estimate of drug-likeness (QED) is 0.823. The highest BCUT2D eigenvalue weighted by molar-refractivity contribution is 7.90. The molecular weight excluding hydrogens is 308 g/mol. The fourth-order valence-electron chi connectivity index (χ4n) is 2.66. The normalized spacial score (nSPS) is 25.0. The summed E-state index contributed by atoms with van der Waals surface area (Å²) in [7, 11) is -3.24. The first-order chi connectivity index (χ1) is 9.65. The van der Waals surface area contributed by atoms with Gasteiger partial charge < -0.3 is 11.1 Å². The van der Waals surface area contributed by atoms with Crippen LogP contribution in [0, 0.1) is 11.3 Å². The number of nitrogens with one attached hydrogen (secondary N) is 1. The molecule has 0 heterocycles. The minimum absolute atomic E-state index is 0.210. The highest BCUT2D eigenvalue weighted by atomic mass is 32.2. The van der Waals surface area contributed by atoms with E-state index < -0.39 is 15.3 Å². The van der Waals surface area contributed by atoms with E-state index in [4.69, 9.17) is 18.0 Å². The zero-order valence-electron chi connectivity index (χ0n) is 11.9. The molecule has 0 unspecified atom stereocenters. The Balaban J connectivity index is 2.15. The Kier molecular flexibility index (Phi) is 4.08. The van der Waals surface area contributed by atoms with Gasteiger partial charge in [-0.25, -0.2) is 8.42 Å². The smallest absolute Gasteiger partial charge is 0.237 e. The van der Waals surface area contributed by atoms with Crippen molar-refractivity contribution in [2.45, 2.75) is 24.7 Å². The second-order valence-corrected chi connectivity index (χ2v) is 8.17. The van der Waals surface area contributed by atoms with Crippen LogP contribution >= 0.6 is 12.2 Å². The van der Waals surface area contributed by atoms with Crippen LogP contribution in [-0.2, 0) is 14.6 Å². The number of amides is 1. The predicted octanol–water partition coefficient (Wildman–Crippen LogP) is 1.73. The van der Waals surface area contributed by atoms with Crippen molar-refractivity contribution in [3.8, 4) is 0 Å². The van der Waals surface area contributed by atoms with Gasteiger partial charge in [-0.15, -0.1) is 0 Å². The van der Waals surface area contributed by atoms with Gasteiger partial charge in [-0.1, -0.05) is 19.1 Å². The number of sulfone groups is 1. The highest BCUT2D eigenvalue weighted by Gasteiger charge is 2.50. The summed E-state index contributed by atoms with van der Waals surface area (Å²) >= 11 is 5.03. The lowest BCUT2D eigenvalue weighted by Crippen LogP contribution is -2.53. The first-order valence-electron chi connectivity index (χ1n) is 6.56. The van der Waals surface area contributed by atoms with Crippen LogP contribution in [-0.4, -0.2) is 25.6 Å². The molecule has 2 rings (SSSR count). The van der Waals surface area contributed by atoms with Gasteiger partial charge in [-0.3, -0.25) is 4.79 Å². The molecule has 0 radical (unpaired) electrons. The summed E-state index contributed by atoms with van der Waals surface area (Å²) in [6.07, 6.45) is 2.43. The maximum atomic E-state index is 12.4. The maximum absolute atomic E-state index is 12.4. The molecule has 7 heteroatoms. The van der Waals surface area contributed by atoms with Gasteiger partial charge in [0.25, 0.3) is 0 Å². The van der Waals surface area contributed by atoms with Crippen molar-refractivity contribution in [3.05, 3.63) is 24.3 Å². The molecular formula is C14H18N2O3S2. The summed E-state index contributed by atoms with van der Waals surface area (Å²) in [6.45, 7) is 2.05. The van der Waals surface area contributed by atoms with Crippen LogP contribution in [0.3, 0.4) is 0 Å². The number of rotatable bonds is 4. The third kappa shape index (κ3) is 3.08. The van der Waals surface area contributed by atoms with Crippen molar-refractivity contribution in [2.24, 2.45) is 17.1 Å². The third-order valence-corrected chi connectivity index (χ3v) is 5.36. The Bertz CT molecular complexity index is 675. The molecule has 1 aliphatic rings. The van der Waals surface area contributed by atoms with E-state index in [9.17, 15) is 13.2 Å². The molecule has 1 aromatic carbocycles. The molecule has 0 spiro atoms. The average molecular weight is 326 g/mol. The molecule has 0 aliphatic heterocycles. The summed E-state index contributed by atoms with van der Waals surface area (Å²) < 4.78 is 22.8. The van der Waals surface area contributed by atoms with Gasteiger partial charge in [0.15, 0.2) is 9.84 Å². The Morgan fingerprint density at radius 3 is 2.24 bits per heavy atom. The van der Waals surface area contributed by atoms with Crippen LogP contribution in [0.4, 0.5) is 5.69 Å². The molecule has 0 saturated heterocycles. The second-order valence-electron chi connectivity index (χ2n) is 5.71. The van der Waals surface area contributed by atoms with Gasteiger partial charge in [0.2, 0.25) is 5.91 Å². The topological polar surface area (TPSA) is 89.3 Å². The van der Waals surface area contributed by atoms with Gasteiger partial charge in [0.1, 0.15) is 0 Å². The van der Waals surface area contributed by atoms with Crippen LogP contribution in [0.5, 0.6) is 0 Å². The molecule has 0 atom stereocenters. The number of carbonyl (C=O) groups is 1. The standard InChI is InChI=1S/C14H18N2O3S2/c1-9-7-14(8-9,12(15)20)13(17)16-10-3-5-11(6-4-10)21(2,18)19/h3-6,9H,7-8H2,1-2H3,(H2,15,20)(H,16,17). The van der Waals surface area contributed by atoms with E-state index in [1.807, 2.05) is 6.92 Å². The average Bonchev–Trinajstić information content (AvgIpc) is 2.33. The number of hydrogen-bond donors (Lipinski definition) is 2. The van der Waals surface area contributed by atoms with Gasteiger partial charge in [0, 0.05) is 11.9 Å². The minimum Gasteiger partial charge on any atom is -0.392 e. The minimum atomic E-state index is -3.24. The zero-order valence-corrected chi connectivity index (χ0v) is 13.6. The molecule has 1 aliphatic carbocycles. The monoisotopic (exact) mass is 326 g/mol. The van der Waals surface area contributed by atoms with Crippen molar-refractivity contribution in [1.29, 1.82) is 0 Å². The van der Waals surface area contributed by atoms with Gasteiger partial charge in [-0.05, 0) is 43.0 Å². The molecule has 21 heavy (non-hydrogen) atoms. The van der Waals surface area contributed by atoms with Crippen molar-refractivity contribution < 1.29 is 13.2 Å². The summed E-state index contributed by atoms with van der Waals surface area (Å²) in [6, 6.07) is 6.04. The number of benzene rings is 1. The van der Waals surface area contributed by atoms with Crippen LogP contribution in [0.2, 0.25) is 0 Å². The first-order valence-corrected chi connectivity index (χ1v) is 8.86. The third-order valence-electron chi connectivity index (χ3n) is 3.84. The summed E-state index contributed by atoms with van der Waals surface area (Å²) in [5.74, 6) is 0.199. The largest absolute Gasteiger partial charge is 0.392 e. The lowest BCUT2D eigenvalue weighted by molar-refractivity contribution is -0.127. The Morgan fingerprint density at radius 1 is 1.33 bits per heavy atom. The van der Waals surface area contributed by atoms with E-state index in [0.29, 0.717) is 24.4 Å². The van der Waals surface area contributed by atoms with Crippen LogP contribution in [0.15, 0.2) is 29.2 Å². The maximum Gasteiger partial charge on any atom is 0.237 e. The van der Waals surface area contributed by atoms with Crippen molar-refractivity contribution in [1.82, 2.24) is 0 Å². The Hall–Kier alpha value is -1.47. The van der Waals surface area contributed by atoms with Crippen LogP contribution in [0.25, 0.3) is 0 Å². The molecule has 0 aromatic heterocycles. The number of anilines is 1. The summed E-state index contributed by atoms with van der Waals surface area (Å²) in [5, 5.41) is 2.76. The van der Waals surface area contributed by atoms with E-state index in [1.165, 1.54) is 12.1 Å². The van der Waals surface area contributed by atoms with Gasteiger partial charge in [-0.2, -0.15) is 0 Å². The Labute approximate surface area is 129 Å². The Morgan fingerprint density at radius 2 is 1.86 bits per heavy atom. The summed E-state index contributed by atoms with van der Waals surface area (Å²) in [4.78, 5) is 12.8. The highest BCUT2D eigenvalue weighted by Crippen LogP contribution is 2.46. The number of carbonyl (C=O) groups excluding carboxylic acids is 1. The molecule has 1 aromatic rings. The second kappa shape index (κ2) is 5.38. The van der Waals surface area contributed by atoms with Gasteiger partial charge in [0.05, 0.1) is 15.3 Å². The molecule has 1 amide bonds. The fraction of sp³-hybridized carbons (Fsp3) is 0.429. The van der Waals surface area contributed by atoms with Crippen molar-refractivity contribution >= 4 is 38.6 Å². The van der Waals surface area contributed by atoms with Crippen molar-refractivity contribution in [3.63, 3.8) is 0 Å². The molecule has 3 N–H and O–H groups in total. The molecule has 1 fully saturated rings. The molecule has 1 saturated carbocycles. The lowest BCUT2D eigenvalue weighted by atomic mass is 9.62. The van der Waals surface area contributed by atoms with E-state index in [-0.39, 0.29) is 15.8 Å². The predicted molar refractivity (Wildman–Crippen MR) is 85.8 cm³/mol. The number of hydrogen-bond acceptors (Lipinski definition) is 4. The fourth-order valence-corrected chi connectivity index (χ4v) is 3.55. The van der Waals surface area contributed by atoms with E-state index in [0.717, 1.165) is 6.26 Å². The SMILES string of the molecule is CC1CC(C(=O)Nc2ccc(S(C)(=O)=O)cc2)(C(N)=S)C1. The van der Waals surface area contributed by atoms with Gasteiger partial charge >= 0.3 is 0 Å². The first kappa shape index (κ1) is 15.9. The molecule has 0 bridgehead atoms. The molecule has 114 valence electrons. The van der Waals surface area contributed by atoms with Crippen molar-refractivity contribution in [2.75, 3.05) is 11.6 Å². The number of thiocarbonyl (C=S) groups is 1. The zero-order chi connectivity index (χ0) is 15.8.